The van der Waals surface area contributed by atoms with Crippen molar-refractivity contribution in [2.24, 2.45) is 5.92 Å². The van der Waals surface area contributed by atoms with Crippen molar-refractivity contribution in [2.75, 3.05) is 121 Å². The number of ether oxygens (including phenoxy) is 2. The fraction of sp³-hybridized carbons (Fsp3) is 0.407. The highest BCUT2D eigenvalue weighted by molar-refractivity contribution is 7.99. The molecular formula is C59H69ClN8O8S2. The Morgan fingerprint density at radius 2 is 1.58 bits per heavy atom. The molecule has 3 aliphatic heterocycles. The predicted octanol–water partition coefficient (Wildman–Crippen LogP) is 7.97. The lowest BCUT2D eigenvalue weighted by atomic mass is 9.80. The quantitative estimate of drug-likeness (QED) is 0.0436. The fourth-order valence-electron chi connectivity index (χ4n) is 10.8. The Bertz CT molecular complexity index is 2980. The Hall–Kier alpha value is -6.12. The average Bonchev–Trinajstić information content (AvgIpc) is 3.78. The SMILES string of the molecule is COC(=O)c1ccc(C(=O)N2CCN(CC3CCC(c4ccc(Cl)cc4)=C(CN4CCN(c5ccc(C(=O)NS(=O)(=O)c6ccc(NC(CCN7CCCOCC7)CSc7ccccc7)c(C=O)c6)cc5)CC4)C3)CC2)nc1. The third-order valence-electron chi connectivity index (χ3n) is 15.2. The van der Waals surface area contributed by atoms with Crippen LogP contribution in [0.25, 0.3) is 5.57 Å². The number of rotatable bonds is 20. The molecule has 16 nitrogen and oxygen atoms in total. The molecular weight excluding hydrogens is 1050 g/mol. The van der Waals surface area contributed by atoms with Crippen LogP contribution in [-0.2, 0) is 19.5 Å². The van der Waals surface area contributed by atoms with Crippen molar-refractivity contribution in [3.8, 4) is 0 Å². The van der Waals surface area contributed by atoms with Crippen molar-refractivity contribution in [1.82, 2.24) is 29.3 Å². The van der Waals surface area contributed by atoms with Crippen LogP contribution < -0.4 is 14.9 Å². The summed E-state index contributed by atoms with van der Waals surface area (Å²) >= 11 is 8.05. The van der Waals surface area contributed by atoms with Gasteiger partial charge in [0, 0.05) is 142 Å². The van der Waals surface area contributed by atoms with Crippen molar-refractivity contribution in [3.63, 3.8) is 0 Å². The maximum absolute atomic E-state index is 13.7. The topological polar surface area (TPSA) is 174 Å². The van der Waals surface area contributed by atoms with E-state index in [1.165, 1.54) is 42.1 Å². The van der Waals surface area contributed by atoms with Crippen LogP contribution in [0.5, 0.6) is 0 Å². The number of esters is 1. The molecule has 9 rings (SSSR count). The Morgan fingerprint density at radius 3 is 2.29 bits per heavy atom. The molecule has 0 bridgehead atoms. The third kappa shape index (κ3) is 15.2. The van der Waals surface area contributed by atoms with E-state index < -0.39 is 21.9 Å². The number of pyridine rings is 1. The predicted molar refractivity (Wildman–Crippen MR) is 306 cm³/mol. The molecule has 2 atom stereocenters. The second-order valence-electron chi connectivity index (χ2n) is 20.4. The number of thioether (sulfide) groups is 1. The van der Waals surface area contributed by atoms with Gasteiger partial charge in [0.2, 0.25) is 0 Å². The van der Waals surface area contributed by atoms with E-state index in [-0.39, 0.29) is 28.0 Å². The maximum atomic E-state index is 13.7. The molecule has 1 aliphatic carbocycles. The van der Waals surface area contributed by atoms with Gasteiger partial charge in [0.25, 0.3) is 21.8 Å². The number of sulfonamides is 1. The molecule has 3 fully saturated rings. The van der Waals surface area contributed by atoms with Gasteiger partial charge in [-0.2, -0.15) is 0 Å². The normalized spacial score (nSPS) is 18.5. The molecule has 0 radical (unpaired) electrons. The number of carbonyl (C=O) groups excluding carboxylic acids is 4. The van der Waals surface area contributed by atoms with Crippen LogP contribution in [0.3, 0.4) is 0 Å². The third-order valence-corrected chi connectivity index (χ3v) is 17.9. The number of halogens is 1. The maximum Gasteiger partial charge on any atom is 0.339 e. The molecule has 1 aromatic heterocycles. The monoisotopic (exact) mass is 1120 g/mol. The van der Waals surface area contributed by atoms with Gasteiger partial charge in [-0.05, 0) is 128 Å². The van der Waals surface area contributed by atoms with Gasteiger partial charge in [-0.3, -0.25) is 29.2 Å². The fourth-order valence-corrected chi connectivity index (χ4v) is 12.9. The molecule has 3 saturated heterocycles. The molecule has 412 valence electrons. The first-order valence-corrected chi connectivity index (χ1v) is 29.8. The number of aromatic nitrogens is 1. The van der Waals surface area contributed by atoms with E-state index in [0.717, 1.165) is 127 Å². The number of nitrogens with zero attached hydrogens (tertiary/aromatic N) is 6. The number of methoxy groups -OCH3 is 1. The van der Waals surface area contributed by atoms with Crippen LogP contribution in [0.15, 0.2) is 131 Å². The molecule has 4 aromatic carbocycles. The largest absolute Gasteiger partial charge is 0.465 e. The first kappa shape index (κ1) is 56.6. The number of aldehydes is 1. The Kier molecular flexibility index (Phi) is 19.7. The zero-order valence-electron chi connectivity index (χ0n) is 44.2. The Morgan fingerprint density at radius 1 is 0.833 bits per heavy atom. The number of piperazine rings is 2. The van der Waals surface area contributed by atoms with E-state index in [4.69, 9.17) is 21.1 Å². The molecule has 78 heavy (non-hydrogen) atoms. The molecule has 2 amide bonds. The number of allylic oxidation sites excluding steroid dienone is 1. The summed E-state index contributed by atoms with van der Waals surface area (Å²) in [4.78, 5) is 67.8. The van der Waals surface area contributed by atoms with Gasteiger partial charge in [-0.1, -0.05) is 47.5 Å². The Balaban J connectivity index is 0.772. The summed E-state index contributed by atoms with van der Waals surface area (Å²) in [7, 11) is -3.01. The summed E-state index contributed by atoms with van der Waals surface area (Å²) < 4.78 is 40.0. The van der Waals surface area contributed by atoms with Gasteiger partial charge in [-0.25, -0.2) is 17.9 Å². The summed E-state index contributed by atoms with van der Waals surface area (Å²) in [5.74, 6) is -0.177. The van der Waals surface area contributed by atoms with Crippen molar-refractivity contribution < 1.29 is 37.1 Å². The van der Waals surface area contributed by atoms with Crippen LogP contribution in [0, 0.1) is 5.92 Å². The Labute approximate surface area is 467 Å². The van der Waals surface area contributed by atoms with E-state index >= 15 is 0 Å². The molecule has 19 heteroatoms. The molecule has 2 unspecified atom stereocenters. The number of hydrogen-bond donors (Lipinski definition) is 2. The van der Waals surface area contributed by atoms with Crippen LogP contribution in [0.2, 0.25) is 5.02 Å². The summed E-state index contributed by atoms with van der Waals surface area (Å²) in [5, 5.41) is 4.24. The van der Waals surface area contributed by atoms with Crippen LogP contribution >= 0.6 is 23.4 Å². The minimum Gasteiger partial charge on any atom is -0.465 e. The summed E-state index contributed by atoms with van der Waals surface area (Å²) in [6, 6.07) is 32.8. The summed E-state index contributed by atoms with van der Waals surface area (Å²) in [5.41, 5.74) is 6.55. The van der Waals surface area contributed by atoms with Crippen molar-refractivity contribution in [2.45, 2.75) is 47.9 Å². The van der Waals surface area contributed by atoms with Gasteiger partial charge in [-0.15, -0.1) is 11.8 Å². The minimum atomic E-state index is -4.32. The van der Waals surface area contributed by atoms with Gasteiger partial charge in [0.1, 0.15) is 5.69 Å². The molecule has 0 saturated carbocycles. The number of anilines is 2. The summed E-state index contributed by atoms with van der Waals surface area (Å²) in [6.07, 6.45) is 6.85. The number of benzene rings is 4. The molecule has 4 aliphatic rings. The number of hydrogen-bond acceptors (Lipinski definition) is 15. The molecule has 2 N–H and O–H groups in total. The highest BCUT2D eigenvalue weighted by atomic mass is 35.5. The van der Waals surface area contributed by atoms with E-state index in [9.17, 15) is 27.6 Å². The van der Waals surface area contributed by atoms with E-state index in [2.05, 4.69) is 58.9 Å². The smallest absolute Gasteiger partial charge is 0.339 e. The van der Waals surface area contributed by atoms with Crippen LogP contribution in [-0.4, -0.2) is 174 Å². The molecule has 0 spiro atoms. The number of nitrogens with one attached hydrogen (secondary N) is 2. The van der Waals surface area contributed by atoms with Crippen molar-refractivity contribution in [3.05, 3.63) is 154 Å². The molecule has 5 aromatic rings. The van der Waals surface area contributed by atoms with Gasteiger partial charge >= 0.3 is 5.97 Å². The van der Waals surface area contributed by atoms with E-state index in [1.807, 2.05) is 47.4 Å². The standard InChI is InChI=1S/C59H69ClN8O8S2/c1-75-59(72)46-13-20-56(61-38-46)58(71)68-31-27-65(28-32-68)39-43-8-19-54(44-9-14-49(60)15-10-44)47(36-43)40-66-25-29-67(30-26-66)51-16-11-45(12-17-51)57(70)63-78(73,74)53-18-21-55(48(37-53)41-69)62-50(42-77-52-6-3-2-4-7-52)22-24-64-23-5-34-76-35-33-64/h2-4,6-7,9-18,20-21,37-38,41,43,50,62H,5,8,19,22-36,39-40,42H2,1H3,(H,63,70). The first-order valence-electron chi connectivity index (χ1n) is 26.9. The summed E-state index contributed by atoms with van der Waals surface area (Å²) in [6.45, 7) is 12.0. The van der Waals surface area contributed by atoms with Crippen LogP contribution in [0.1, 0.15) is 79.2 Å². The highest BCUT2D eigenvalue weighted by Crippen LogP contribution is 2.37. The zero-order chi connectivity index (χ0) is 54.4. The number of amides is 2. The minimum absolute atomic E-state index is 0.0193. The lowest BCUT2D eigenvalue weighted by Crippen LogP contribution is -2.50. The second kappa shape index (κ2) is 27.2. The zero-order valence-corrected chi connectivity index (χ0v) is 46.6. The van der Waals surface area contributed by atoms with Crippen molar-refractivity contribution in [1.29, 1.82) is 0 Å². The highest BCUT2D eigenvalue weighted by Gasteiger charge is 2.30. The van der Waals surface area contributed by atoms with Gasteiger partial charge in [0.05, 0.1) is 24.2 Å². The van der Waals surface area contributed by atoms with Gasteiger partial charge in [0.15, 0.2) is 6.29 Å². The lowest BCUT2D eigenvalue weighted by Gasteiger charge is -2.40. The number of carbonyl (C=O) groups is 4. The van der Waals surface area contributed by atoms with Crippen molar-refractivity contribution >= 4 is 74.4 Å². The second-order valence-corrected chi connectivity index (χ2v) is 23.6. The van der Waals surface area contributed by atoms with E-state index in [1.54, 1.807) is 42.1 Å². The lowest BCUT2D eigenvalue weighted by molar-refractivity contribution is 0.0589. The van der Waals surface area contributed by atoms with Crippen LogP contribution in [0.4, 0.5) is 11.4 Å². The first-order chi connectivity index (χ1) is 37.9. The molecule has 4 heterocycles. The van der Waals surface area contributed by atoms with Gasteiger partial charge < -0.3 is 29.5 Å². The average molecular weight is 1120 g/mol. The van der Waals surface area contributed by atoms with E-state index in [0.29, 0.717) is 53.9 Å².